The maximum atomic E-state index is 12.9. The molecule has 0 aromatic heterocycles. The Bertz CT molecular complexity index is 596. The van der Waals surface area contributed by atoms with Gasteiger partial charge in [-0.25, -0.2) is 4.39 Å². The normalized spacial score (nSPS) is 10.3. The van der Waals surface area contributed by atoms with E-state index in [1.54, 1.807) is 24.1 Å². The van der Waals surface area contributed by atoms with Crippen LogP contribution >= 0.6 is 0 Å². The highest BCUT2D eigenvalue weighted by molar-refractivity contribution is 5.77. The third kappa shape index (κ3) is 3.42. The lowest BCUT2D eigenvalue weighted by Gasteiger charge is -2.16. The van der Waals surface area contributed by atoms with E-state index in [1.807, 2.05) is 24.3 Å². The summed E-state index contributed by atoms with van der Waals surface area (Å²) in [5.41, 5.74) is 8.29. The Labute approximate surface area is 117 Å². The van der Waals surface area contributed by atoms with Gasteiger partial charge in [0.1, 0.15) is 5.82 Å². The minimum Gasteiger partial charge on any atom is -0.340 e. The Morgan fingerprint density at radius 1 is 1.15 bits per heavy atom. The third-order valence-corrected chi connectivity index (χ3v) is 3.12. The summed E-state index contributed by atoms with van der Waals surface area (Å²) in [5.74, 6) is -0.352. The topological polar surface area (TPSA) is 46.3 Å². The Hall–Kier alpha value is -2.20. The number of rotatable bonds is 4. The fraction of sp³-hybridized carbons (Fsp3) is 0.188. The van der Waals surface area contributed by atoms with Gasteiger partial charge >= 0.3 is 0 Å². The van der Waals surface area contributed by atoms with Gasteiger partial charge in [0.2, 0.25) is 5.91 Å². The number of carbonyl (C=O) groups is 1. The van der Waals surface area contributed by atoms with Crippen LogP contribution in [0.3, 0.4) is 0 Å². The van der Waals surface area contributed by atoms with Crippen LogP contribution in [0, 0.1) is 5.82 Å². The zero-order valence-electron chi connectivity index (χ0n) is 11.3. The van der Waals surface area contributed by atoms with E-state index in [4.69, 9.17) is 5.73 Å². The summed E-state index contributed by atoms with van der Waals surface area (Å²) < 4.78 is 12.9. The van der Waals surface area contributed by atoms with Crippen molar-refractivity contribution >= 4 is 5.91 Å². The highest BCUT2D eigenvalue weighted by atomic mass is 19.1. The minimum atomic E-state index is -0.252. The van der Waals surface area contributed by atoms with E-state index in [1.165, 1.54) is 12.1 Å². The molecule has 1 amide bonds. The summed E-state index contributed by atoms with van der Waals surface area (Å²) in [6.07, 6.45) is 0. The fourth-order valence-corrected chi connectivity index (χ4v) is 2.01. The maximum absolute atomic E-state index is 12.9. The first-order valence-electron chi connectivity index (χ1n) is 6.39. The molecule has 20 heavy (non-hydrogen) atoms. The quantitative estimate of drug-likeness (QED) is 0.929. The lowest BCUT2D eigenvalue weighted by molar-refractivity contribution is -0.128. The highest BCUT2D eigenvalue weighted by Crippen LogP contribution is 2.21. The van der Waals surface area contributed by atoms with Crippen LogP contribution < -0.4 is 5.73 Å². The van der Waals surface area contributed by atoms with Gasteiger partial charge in [-0.2, -0.15) is 0 Å². The van der Waals surface area contributed by atoms with E-state index in [9.17, 15) is 9.18 Å². The van der Waals surface area contributed by atoms with Gasteiger partial charge in [0.15, 0.2) is 0 Å². The molecule has 0 saturated heterocycles. The number of benzene rings is 2. The molecular weight excluding hydrogens is 255 g/mol. The molecule has 0 aliphatic carbocycles. The van der Waals surface area contributed by atoms with Gasteiger partial charge in [-0.05, 0) is 34.9 Å². The van der Waals surface area contributed by atoms with Crippen LogP contribution in [0.5, 0.6) is 0 Å². The molecule has 0 saturated carbocycles. The van der Waals surface area contributed by atoms with Crippen LogP contribution in [0.2, 0.25) is 0 Å². The summed E-state index contributed by atoms with van der Waals surface area (Å²) in [6, 6.07) is 14.2. The van der Waals surface area contributed by atoms with Crippen molar-refractivity contribution in [3.63, 3.8) is 0 Å². The Kier molecular flexibility index (Phi) is 4.48. The van der Waals surface area contributed by atoms with Crippen molar-refractivity contribution < 1.29 is 9.18 Å². The third-order valence-electron chi connectivity index (χ3n) is 3.12. The molecular formula is C16H17FN2O. The van der Waals surface area contributed by atoms with Gasteiger partial charge in [0, 0.05) is 13.6 Å². The van der Waals surface area contributed by atoms with E-state index in [0.29, 0.717) is 6.54 Å². The zero-order valence-corrected chi connectivity index (χ0v) is 11.3. The lowest BCUT2D eigenvalue weighted by atomic mass is 10.0. The van der Waals surface area contributed by atoms with Crippen molar-refractivity contribution in [2.45, 2.75) is 6.54 Å². The van der Waals surface area contributed by atoms with E-state index in [2.05, 4.69) is 0 Å². The molecule has 2 N–H and O–H groups in total. The van der Waals surface area contributed by atoms with Crippen LogP contribution in [0.25, 0.3) is 11.1 Å². The second kappa shape index (κ2) is 6.30. The molecule has 2 aromatic rings. The van der Waals surface area contributed by atoms with Crippen molar-refractivity contribution in [2.24, 2.45) is 5.73 Å². The molecule has 3 nitrogen and oxygen atoms in total. The Morgan fingerprint density at radius 3 is 2.50 bits per heavy atom. The molecule has 0 spiro atoms. The Morgan fingerprint density at radius 2 is 1.85 bits per heavy atom. The SMILES string of the molecule is CN(Cc1cccc(-c2ccc(F)cc2)c1)C(=O)CN. The molecule has 2 rings (SSSR count). The first kappa shape index (κ1) is 14.2. The van der Waals surface area contributed by atoms with Gasteiger partial charge in [-0.3, -0.25) is 4.79 Å². The zero-order chi connectivity index (χ0) is 14.5. The van der Waals surface area contributed by atoms with Crippen LogP contribution in [-0.2, 0) is 11.3 Å². The van der Waals surface area contributed by atoms with Gasteiger partial charge < -0.3 is 10.6 Å². The molecule has 2 aromatic carbocycles. The molecule has 0 atom stereocenters. The molecule has 0 unspecified atom stereocenters. The molecule has 104 valence electrons. The molecule has 0 bridgehead atoms. The summed E-state index contributed by atoms with van der Waals surface area (Å²) in [7, 11) is 1.72. The molecule has 4 heteroatoms. The monoisotopic (exact) mass is 272 g/mol. The molecule has 0 fully saturated rings. The van der Waals surface area contributed by atoms with Crippen molar-refractivity contribution in [2.75, 3.05) is 13.6 Å². The first-order chi connectivity index (χ1) is 9.60. The average molecular weight is 272 g/mol. The maximum Gasteiger partial charge on any atom is 0.236 e. The summed E-state index contributed by atoms with van der Waals surface area (Å²) >= 11 is 0. The predicted molar refractivity (Wildman–Crippen MR) is 77.4 cm³/mol. The number of halogens is 1. The van der Waals surface area contributed by atoms with Crippen LogP contribution in [0.4, 0.5) is 4.39 Å². The predicted octanol–water partition coefficient (Wildman–Crippen LogP) is 2.41. The van der Waals surface area contributed by atoms with Crippen molar-refractivity contribution in [1.82, 2.24) is 4.90 Å². The van der Waals surface area contributed by atoms with Crippen LogP contribution in [0.1, 0.15) is 5.56 Å². The number of carbonyl (C=O) groups excluding carboxylic acids is 1. The number of nitrogens with zero attached hydrogens (tertiary/aromatic N) is 1. The summed E-state index contributed by atoms with van der Waals surface area (Å²) in [4.78, 5) is 13.1. The second-order valence-electron chi connectivity index (χ2n) is 4.66. The average Bonchev–Trinajstić information content (AvgIpc) is 2.47. The van der Waals surface area contributed by atoms with Gasteiger partial charge in [-0.1, -0.05) is 30.3 Å². The molecule has 0 heterocycles. The lowest BCUT2D eigenvalue weighted by Crippen LogP contribution is -2.32. The smallest absolute Gasteiger partial charge is 0.236 e. The van der Waals surface area contributed by atoms with E-state index in [0.717, 1.165) is 16.7 Å². The van der Waals surface area contributed by atoms with Crippen molar-refractivity contribution in [1.29, 1.82) is 0 Å². The highest BCUT2D eigenvalue weighted by Gasteiger charge is 2.07. The second-order valence-corrected chi connectivity index (χ2v) is 4.66. The number of hydrogen-bond donors (Lipinski definition) is 1. The van der Waals surface area contributed by atoms with Crippen LogP contribution in [0.15, 0.2) is 48.5 Å². The number of likely N-dealkylation sites (N-methyl/N-ethyl adjacent to an activating group) is 1. The largest absolute Gasteiger partial charge is 0.340 e. The van der Waals surface area contributed by atoms with E-state index in [-0.39, 0.29) is 18.3 Å². The van der Waals surface area contributed by atoms with Gasteiger partial charge in [0.05, 0.1) is 6.54 Å². The van der Waals surface area contributed by atoms with Crippen molar-refractivity contribution in [3.8, 4) is 11.1 Å². The Balaban J connectivity index is 2.20. The number of amides is 1. The molecule has 0 aliphatic rings. The summed E-state index contributed by atoms with van der Waals surface area (Å²) in [6.45, 7) is 0.513. The number of nitrogens with two attached hydrogens (primary N) is 1. The van der Waals surface area contributed by atoms with Gasteiger partial charge in [0.25, 0.3) is 0 Å². The first-order valence-corrected chi connectivity index (χ1v) is 6.39. The molecule has 0 radical (unpaired) electrons. The standard InChI is InChI=1S/C16H17FN2O/c1-19(16(20)10-18)11-12-3-2-4-14(9-12)13-5-7-15(17)8-6-13/h2-9H,10-11,18H2,1H3. The van der Waals surface area contributed by atoms with Crippen molar-refractivity contribution in [3.05, 3.63) is 59.9 Å². The van der Waals surface area contributed by atoms with Gasteiger partial charge in [-0.15, -0.1) is 0 Å². The van der Waals surface area contributed by atoms with Crippen LogP contribution in [-0.4, -0.2) is 24.4 Å². The summed E-state index contributed by atoms with van der Waals surface area (Å²) in [5, 5.41) is 0. The fourth-order valence-electron chi connectivity index (χ4n) is 2.01. The van der Waals surface area contributed by atoms with E-state index < -0.39 is 0 Å². The minimum absolute atomic E-state index is 0.00809. The molecule has 0 aliphatic heterocycles. The van der Waals surface area contributed by atoms with E-state index >= 15 is 0 Å². The number of hydrogen-bond acceptors (Lipinski definition) is 2.